The topological polar surface area (TPSA) is 0 Å². The number of hydrogen-bond donors (Lipinski definition) is 0. The summed E-state index contributed by atoms with van der Waals surface area (Å²) in [4.78, 5) is 0. The predicted molar refractivity (Wildman–Crippen MR) is 94.2 cm³/mol. The SMILES string of the molecule is CCCCCCCC(CCCCCC)C(C)C(C)CC. The summed E-state index contributed by atoms with van der Waals surface area (Å²) in [7, 11) is 0. The Balaban J connectivity index is 4.03. The molecule has 0 bridgehead atoms. The van der Waals surface area contributed by atoms with Gasteiger partial charge in [0.2, 0.25) is 0 Å². The van der Waals surface area contributed by atoms with Crippen LogP contribution in [0.1, 0.15) is 112 Å². The van der Waals surface area contributed by atoms with Crippen molar-refractivity contribution < 1.29 is 0 Å². The van der Waals surface area contributed by atoms with E-state index < -0.39 is 0 Å². The Morgan fingerprint density at radius 3 is 1.50 bits per heavy atom. The maximum Gasteiger partial charge on any atom is -0.0386 e. The smallest absolute Gasteiger partial charge is 0.0386 e. The van der Waals surface area contributed by atoms with E-state index in [1.165, 1.54) is 77.0 Å². The highest BCUT2D eigenvalue weighted by atomic mass is 14.3. The molecule has 3 unspecified atom stereocenters. The molecule has 0 aromatic heterocycles. The summed E-state index contributed by atoms with van der Waals surface area (Å²) in [5.74, 6) is 2.82. The highest BCUT2D eigenvalue weighted by Crippen LogP contribution is 2.31. The normalized spacial score (nSPS) is 16.1. The summed E-state index contributed by atoms with van der Waals surface area (Å²) in [5.41, 5.74) is 0. The first kappa shape index (κ1) is 20.0. The monoisotopic (exact) mass is 282 g/mol. The molecule has 0 aliphatic rings. The highest BCUT2D eigenvalue weighted by Gasteiger charge is 2.20. The van der Waals surface area contributed by atoms with E-state index in [1.807, 2.05) is 0 Å². The molecule has 3 atom stereocenters. The lowest BCUT2D eigenvalue weighted by Crippen LogP contribution is -2.19. The highest BCUT2D eigenvalue weighted by molar-refractivity contribution is 4.71. The summed E-state index contributed by atoms with van der Waals surface area (Å²) in [6.45, 7) is 12.0. The van der Waals surface area contributed by atoms with Crippen LogP contribution >= 0.6 is 0 Å². The summed E-state index contributed by atoms with van der Waals surface area (Å²) in [6, 6.07) is 0. The molecule has 0 heterocycles. The zero-order chi connectivity index (χ0) is 15.2. The third-order valence-electron chi connectivity index (χ3n) is 5.39. The van der Waals surface area contributed by atoms with Crippen molar-refractivity contribution >= 4 is 0 Å². The van der Waals surface area contributed by atoms with Crippen LogP contribution in [-0.2, 0) is 0 Å². The van der Waals surface area contributed by atoms with Crippen LogP contribution in [0.3, 0.4) is 0 Å². The van der Waals surface area contributed by atoms with Crippen molar-refractivity contribution in [2.45, 2.75) is 112 Å². The average Bonchev–Trinajstić information content (AvgIpc) is 2.47. The van der Waals surface area contributed by atoms with Crippen molar-refractivity contribution in [3.63, 3.8) is 0 Å². The van der Waals surface area contributed by atoms with Crippen LogP contribution in [0.4, 0.5) is 0 Å². The molecule has 122 valence electrons. The molecule has 0 rings (SSSR count). The van der Waals surface area contributed by atoms with Gasteiger partial charge in [-0.25, -0.2) is 0 Å². The molecule has 0 heteroatoms. The molecule has 0 saturated heterocycles. The van der Waals surface area contributed by atoms with Crippen LogP contribution < -0.4 is 0 Å². The van der Waals surface area contributed by atoms with Gasteiger partial charge in [0.05, 0.1) is 0 Å². The van der Waals surface area contributed by atoms with Gasteiger partial charge in [-0.15, -0.1) is 0 Å². The van der Waals surface area contributed by atoms with Gasteiger partial charge in [0.15, 0.2) is 0 Å². The van der Waals surface area contributed by atoms with E-state index in [0.717, 1.165) is 17.8 Å². The Bertz CT molecular complexity index is 184. The molecular weight excluding hydrogens is 240 g/mol. The van der Waals surface area contributed by atoms with E-state index >= 15 is 0 Å². The van der Waals surface area contributed by atoms with Crippen molar-refractivity contribution in [1.82, 2.24) is 0 Å². The summed E-state index contributed by atoms with van der Waals surface area (Å²) in [6.07, 6.45) is 17.2. The lowest BCUT2D eigenvalue weighted by atomic mass is 9.77. The number of hydrogen-bond acceptors (Lipinski definition) is 0. The molecule has 0 aromatic rings. The lowest BCUT2D eigenvalue weighted by molar-refractivity contribution is 0.220. The van der Waals surface area contributed by atoms with Gasteiger partial charge in [-0.2, -0.15) is 0 Å². The zero-order valence-corrected chi connectivity index (χ0v) is 15.2. The Kier molecular flexibility index (Phi) is 14.0. The number of rotatable bonds is 14. The van der Waals surface area contributed by atoms with Crippen LogP contribution in [-0.4, -0.2) is 0 Å². The number of unbranched alkanes of at least 4 members (excludes halogenated alkanes) is 7. The summed E-state index contributed by atoms with van der Waals surface area (Å²) >= 11 is 0. The third kappa shape index (κ3) is 9.83. The molecule has 0 fully saturated rings. The van der Waals surface area contributed by atoms with Gasteiger partial charge in [0, 0.05) is 0 Å². The Morgan fingerprint density at radius 2 is 1.05 bits per heavy atom. The molecule has 0 aromatic carbocycles. The van der Waals surface area contributed by atoms with Crippen molar-refractivity contribution in [2.24, 2.45) is 17.8 Å². The largest absolute Gasteiger partial charge is 0.0654 e. The molecule has 20 heavy (non-hydrogen) atoms. The van der Waals surface area contributed by atoms with Gasteiger partial charge in [-0.3, -0.25) is 0 Å². The van der Waals surface area contributed by atoms with E-state index in [4.69, 9.17) is 0 Å². The van der Waals surface area contributed by atoms with E-state index in [-0.39, 0.29) is 0 Å². The fraction of sp³-hybridized carbons (Fsp3) is 1.00. The Morgan fingerprint density at radius 1 is 0.600 bits per heavy atom. The Hall–Kier alpha value is 0. The molecule has 0 aliphatic carbocycles. The standard InChI is InChI=1S/C20H42/c1-6-9-11-13-15-17-20(16-14-12-10-7-2)19(5)18(4)8-3/h18-20H,6-17H2,1-5H3. The van der Waals surface area contributed by atoms with Crippen molar-refractivity contribution in [2.75, 3.05) is 0 Å². The summed E-state index contributed by atoms with van der Waals surface area (Å²) in [5, 5.41) is 0. The van der Waals surface area contributed by atoms with Crippen LogP contribution in [0.2, 0.25) is 0 Å². The maximum absolute atomic E-state index is 2.52. The quantitative estimate of drug-likeness (QED) is 0.287. The van der Waals surface area contributed by atoms with E-state index in [1.54, 1.807) is 0 Å². The molecule has 0 saturated carbocycles. The van der Waals surface area contributed by atoms with Gasteiger partial charge in [0.25, 0.3) is 0 Å². The summed E-state index contributed by atoms with van der Waals surface area (Å²) < 4.78 is 0. The first-order valence-electron chi connectivity index (χ1n) is 9.67. The average molecular weight is 283 g/mol. The predicted octanol–water partition coefficient (Wildman–Crippen LogP) is 7.62. The van der Waals surface area contributed by atoms with E-state index in [9.17, 15) is 0 Å². The second-order valence-corrected chi connectivity index (χ2v) is 7.06. The van der Waals surface area contributed by atoms with Gasteiger partial charge < -0.3 is 0 Å². The van der Waals surface area contributed by atoms with Gasteiger partial charge in [-0.05, 0) is 17.8 Å². The molecule has 0 nitrogen and oxygen atoms in total. The fourth-order valence-electron chi connectivity index (χ4n) is 3.35. The fourth-order valence-corrected chi connectivity index (χ4v) is 3.35. The maximum atomic E-state index is 2.52. The van der Waals surface area contributed by atoms with Crippen molar-refractivity contribution in [1.29, 1.82) is 0 Å². The zero-order valence-electron chi connectivity index (χ0n) is 15.2. The first-order valence-corrected chi connectivity index (χ1v) is 9.67. The van der Waals surface area contributed by atoms with Crippen molar-refractivity contribution in [3.05, 3.63) is 0 Å². The molecule has 0 radical (unpaired) electrons. The molecule has 0 amide bonds. The van der Waals surface area contributed by atoms with Crippen molar-refractivity contribution in [3.8, 4) is 0 Å². The van der Waals surface area contributed by atoms with Crippen LogP contribution in [0.25, 0.3) is 0 Å². The lowest BCUT2D eigenvalue weighted by Gasteiger charge is -2.29. The van der Waals surface area contributed by atoms with E-state index in [2.05, 4.69) is 34.6 Å². The third-order valence-corrected chi connectivity index (χ3v) is 5.39. The first-order chi connectivity index (χ1) is 9.67. The second-order valence-electron chi connectivity index (χ2n) is 7.06. The van der Waals surface area contributed by atoms with Gasteiger partial charge in [0.1, 0.15) is 0 Å². The van der Waals surface area contributed by atoms with Crippen LogP contribution in [0.5, 0.6) is 0 Å². The molecule has 0 spiro atoms. The molecular formula is C20H42. The molecule has 0 N–H and O–H groups in total. The minimum absolute atomic E-state index is 0.904. The van der Waals surface area contributed by atoms with Crippen LogP contribution in [0, 0.1) is 17.8 Å². The van der Waals surface area contributed by atoms with E-state index in [0.29, 0.717) is 0 Å². The Labute approximate surface area is 130 Å². The minimum atomic E-state index is 0.904. The van der Waals surface area contributed by atoms with Gasteiger partial charge in [-0.1, -0.05) is 112 Å². The molecule has 0 aliphatic heterocycles. The van der Waals surface area contributed by atoms with Gasteiger partial charge >= 0.3 is 0 Å². The second kappa shape index (κ2) is 14.0. The van der Waals surface area contributed by atoms with Crippen LogP contribution in [0.15, 0.2) is 0 Å². The minimum Gasteiger partial charge on any atom is -0.0654 e.